The molecule has 0 saturated carbocycles. The first-order valence-electron chi connectivity index (χ1n) is 7.47. The fourth-order valence-corrected chi connectivity index (χ4v) is 1.89. The van der Waals surface area contributed by atoms with Crippen LogP contribution < -0.4 is 0 Å². The maximum atomic E-state index is 8.48. The number of hydrogen-bond acceptors (Lipinski definition) is 3. The summed E-state index contributed by atoms with van der Waals surface area (Å²) in [5, 5.41) is 17.0. The summed E-state index contributed by atoms with van der Waals surface area (Å²) in [4.78, 5) is 0. The van der Waals surface area contributed by atoms with Crippen molar-refractivity contribution in [3.05, 3.63) is 11.8 Å². The van der Waals surface area contributed by atoms with E-state index in [-0.39, 0.29) is 5.57 Å². The lowest BCUT2D eigenvalue weighted by Crippen LogP contribution is -1.89. The van der Waals surface area contributed by atoms with Crippen LogP contribution in [0.25, 0.3) is 0 Å². The number of nitrogens with zero attached hydrogens (tertiary/aromatic N) is 2. The summed E-state index contributed by atoms with van der Waals surface area (Å²) in [5.41, 5.74) is 0.0343. The lowest BCUT2D eigenvalue weighted by molar-refractivity contribution is 0.239. The van der Waals surface area contributed by atoms with Crippen LogP contribution in [0.15, 0.2) is 11.8 Å². The zero-order valence-electron chi connectivity index (χ0n) is 12.2. The summed E-state index contributed by atoms with van der Waals surface area (Å²) in [5.74, 6) is 0. The van der Waals surface area contributed by atoms with Crippen LogP contribution in [0.4, 0.5) is 0 Å². The summed E-state index contributed by atoms with van der Waals surface area (Å²) in [6, 6.07) is 3.53. The molecule has 0 aliphatic heterocycles. The van der Waals surface area contributed by atoms with Crippen molar-refractivity contribution in [3.63, 3.8) is 0 Å². The molecule has 0 amide bonds. The average molecular weight is 262 g/mol. The van der Waals surface area contributed by atoms with Crippen molar-refractivity contribution in [1.29, 1.82) is 10.5 Å². The zero-order chi connectivity index (χ0) is 14.2. The summed E-state index contributed by atoms with van der Waals surface area (Å²) < 4.78 is 5.14. The van der Waals surface area contributed by atoms with Crippen LogP contribution in [0.3, 0.4) is 0 Å². The Morgan fingerprint density at radius 3 is 1.79 bits per heavy atom. The van der Waals surface area contributed by atoms with Gasteiger partial charge < -0.3 is 4.74 Å². The molecular weight excluding hydrogens is 236 g/mol. The van der Waals surface area contributed by atoms with Crippen LogP contribution in [0.5, 0.6) is 0 Å². The second-order valence-corrected chi connectivity index (χ2v) is 4.81. The molecule has 0 bridgehead atoms. The van der Waals surface area contributed by atoms with Gasteiger partial charge >= 0.3 is 0 Å². The van der Waals surface area contributed by atoms with Gasteiger partial charge in [0.15, 0.2) is 5.57 Å². The minimum Gasteiger partial charge on any atom is -0.499 e. The van der Waals surface area contributed by atoms with Gasteiger partial charge in [-0.05, 0) is 6.42 Å². The Labute approximate surface area is 117 Å². The molecule has 3 nitrogen and oxygen atoms in total. The highest BCUT2D eigenvalue weighted by Gasteiger charge is 1.94. The molecular formula is C16H26N2O. The largest absolute Gasteiger partial charge is 0.499 e. The molecule has 0 aliphatic carbocycles. The normalized spacial score (nSPS) is 9.42. The quantitative estimate of drug-likeness (QED) is 0.287. The van der Waals surface area contributed by atoms with Crippen LogP contribution >= 0.6 is 0 Å². The van der Waals surface area contributed by atoms with Crippen molar-refractivity contribution in [1.82, 2.24) is 0 Å². The zero-order valence-corrected chi connectivity index (χ0v) is 12.2. The topological polar surface area (TPSA) is 56.8 Å². The molecule has 0 fully saturated rings. The van der Waals surface area contributed by atoms with Gasteiger partial charge in [-0.25, -0.2) is 0 Å². The van der Waals surface area contributed by atoms with E-state index >= 15 is 0 Å². The monoisotopic (exact) mass is 262 g/mol. The standard InChI is InChI=1S/C16H26N2O/c1-2-3-4-5-6-7-8-9-10-11-12-19-15-16(13-17)14-18/h15H,2-12H2,1H3. The summed E-state index contributed by atoms with van der Waals surface area (Å²) in [7, 11) is 0. The fourth-order valence-electron chi connectivity index (χ4n) is 1.89. The second-order valence-electron chi connectivity index (χ2n) is 4.81. The molecule has 0 heterocycles. The van der Waals surface area contributed by atoms with Gasteiger partial charge in [0.2, 0.25) is 0 Å². The highest BCUT2D eigenvalue weighted by molar-refractivity contribution is 5.33. The SMILES string of the molecule is CCCCCCCCCCCCOC=C(C#N)C#N. The molecule has 3 heteroatoms. The van der Waals surface area contributed by atoms with Gasteiger partial charge in [-0.1, -0.05) is 64.7 Å². The van der Waals surface area contributed by atoms with E-state index in [1.807, 2.05) is 0 Å². The van der Waals surface area contributed by atoms with Gasteiger partial charge in [0.05, 0.1) is 6.61 Å². The minimum absolute atomic E-state index is 0.0343. The number of rotatable bonds is 12. The van der Waals surface area contributed by atoms with E-state index in [1.165, 1.54) is 57.6 Å². The Balaban J connectivity index is 3.18. The molecule has 0 aromatic rings. The van der Waals surface area contributed by atoms with Crippen molar-refractivity contribution in [2.24, 2.45) is 0 Å². The predicted octanol–water partition coefficient (Wildman–Crippen LogP) is 4.85. The van der Waals surface area contributed by atoms with Crippen molar-refractivity contribution in [3.8, 4) is 12.1 Å². The number of hydrogen-bond donors (Lipinski definition) is 0. The van der Waals surface area contributed by atoms with Gasteiger partial charge in [-0.3, -0.25) is 0 Å². The molecule has 0 atom stereocenters. The van der Waals surface area contributed by atoms with Gasteiger partial charge in [0.25, 0.3) is 0 Å². The fraction of sp³-hybridized carbons (Fsp3) is 0.750. The first-order valence-corrected chi connectivity index (χ1v) is 7.47. The van der Waals surface area contributed by atoms with E-state index < -0.39 is 0 Å². The highest BCUT2D eigenvalue weighted by Crippen LogP contribution is 2.10. The van der Waals surface area contributed by atoms with Gasteiger partial charge in [-0.2, -0.15) is 10.5 Å². The van der Waals surface area contributed by atoms with Crippen molar-refractivity contribution in [2.45, 2.75) is 71.1 Å². The van der Waals surface area contributed by atoms with E-state index in [4.69, 9.17) is 15.3 Å². The molecule has 0 unspecified atom stereocenters. The smallest absolute Gasteiger partial charge is 0.163 e. The highest BCUT2D eigenvalue weighted by atomic mass is 16.5. The van der Waals surface area contributed by atoms with Crippen molar-refractivity contribution < 1.29 is 4.74 Å². The number of unbranched alkanes of at least 4 members (excludes halogenated alkanes) is 9. The molecule has 0 N–H and O–H groups in total. The van der Waals surface area contributed by atoms with Crippen LogP contribution in [0.1, 0.15) is 71.1 Å². The molecule has 0 spiro atoms. The Hall–Kier alpha value is -1.48. The van der Waals surface area contributed by atoms with Crippen molar-refractivity contribution >= 4 is 0 Å². The Morgan fingerprint density at radius 1 is 0.842 bits per heavy atom. The maximum Gasteiger partial charge on any atom is 0.163 e. The number of nitriles is 2. The lowest BCUT2D eigenvalue weighted by atomic mass is 10.1. The molecule has 0 aliphatic rings. The Kier molecular flexibility index (Phi) is 13.4. The number of allylic oxidation sites excluding steroid dienone is 1. The van der Waals surface area contributed by atoms with E-state index in [1.54, 1.807) is 12.1 Å². The second kappa shape index (κ2) is 14.6. The first-order chi connectivity index (χ1) is 9.35. The Bertz CT molecular complexity index is 294. The maximum absolute atomic E-state index is 8.48. The molecule has 0 rings (SSSR count). The van der Waals surface area contributed by atoms with Gasteiger partial charge in [0.1, 0.15) is 18.4 Å². The molecule has 106 valence electrons. The molecule has 0 saturated heterocycles. The number of ether oxygens (including phenoxy) is 1. The van der Waals surface area contributed by atoms with Crippen LogP contribution in [0.2, 0.25) is 0 Å². The summed E-state index contributed by atoms with van der Waals surface area (Å²) in [6.45, 7) is 2.84. The Morgan fingerprint density at radius 2 is 1.32 bits per heavy atom. The van der Waals surface area contributed by atoms with Crippen molar-refractivity contribution in [2.75, 3.05) is 6.61 Å². The van der Waals surface area contributed by atoms with Gasteiger partial charge in [0, 0.05) is 0 Å². The van der Waals surface area contributed by atoms with Crippen LogP contribution in [-0.2, 0) is 4.74 Å². The summed E-state index contributed by atoms with van der Waals surface area (Å²) in [6.07, 6.45) is 14.1. The third-order valence-electron chi connectivity index (χ3n) is 3.06. The minimum atomic E-state index is 0.0343. The lowest BCUT2D eigenvalue weighted by Gasteiger charge is -2.02. The summed E-state index contributed by atoms with van der Waals surface area (Å²) >= 11 is 0. The predicted molar refractivity (Wildman–Crippen MR) is 77.1 cm³/mol. The third kappa shape index (κ3) is 12.8. The molecule has 0 aromatic carbocycles. The molecule has 0 radical (unpaired) electrons. The average Bonchev–Trinajstić information content (AvgIpc) is 2.44. The van der Waals surface area contributed by atoms with Crippen LogP contribution in [0, 0.1) is 22.7 Å². The van der Waals surface area contributed by atoms with E-state index in [9.17, 15) is 0 Å². The third-order valence-corrected chi connectivity index (χ3v) is 3.06. The molecule has 0 aromatic heterocycles. The molecule has 19 heavy (non-hydrogen) atoms. The van der Waals surface area contributed by atoms with Crippen LogP contribution in [-0.4, -0.2) is 6.61 Å². The van der Waals surface area contributed by atoms with Gasteiger partial charge in [-0.15, -0.1) is 0 Å². The van der Waals surface area contributed by atoms with E-state index in [0.717, 1.165) is 12.8 Å². The van der Waals surface area contributed by atoms with E-state index in [0.29, 0.717) is 6.61 Å². The first kappa shape index (κ1) is 17.5. The van der Waals surface area contributed by atoms with E-state index in [2.05, 4.69) is 6.92 Å².